The van der Waals surface area contributed by atoms with E-state index in [-0.39, 0.29) is 5.91 Å². The van der Waals surface area contributed by atoms with Crippen molar-refractivity contribution < 1.29 is 14.7 Å². The van der Waals surface area contributed by atoms with Crippen LogP contribution in [0, 0.1) is 0 Å². The minimum Gasteiger partial charge on any atom is -0.478 e. The van der Waals surface area contributed by atoms with Gasteiger partial charge in [0, 0.05) is 16.5 Å². The van der Waals surface area contributed by atoms with E-state index in [0.717, 1.165) is 16.5 Å². The Morgan fingerprint density at radius 2 is 1.90 bits per heavy atom. The molecule has 108 valence electrons. The SMILES string of the molecule is O=C(O)C=Cc1ccc(C(=O)NCc2ccc(Cl)s2)cc1. The fourth-order valence-electron chi connectivity index (χ4n) is 1.63. The molecule has 2 N–H and O–H groups in total. The predicted molar refractivity (Wildman–Crippen MR) is 83.6 cm³/mol. The third-order valence-electron chi connectivity index (χ3n) is 2.64. The number of aliphatic carboxylic acids is 1. The van der Waals surface area contributed by atoms with E-state index in [9.17, 15) is 9.59 Å². The van der Waals surface area contributed by atoms with Crippen LogP contribution in [0.3, 0.4) is 0 Å². The molecule has 6 heteroatoms. The second kappa shape index (κ2) is 7.06. The number of carboxylic acids is 1. The number of thiophene rings is 1. The molecule has 4 nitrogen and oxygen atoms in total. The second-order valence-electron chi connectivity index (χ2n) is 4.18. The van der Waals surface area contributed by atoms with Crippen LogP contribution in [0.15, 0.2) is 42.5 Å². The summed E-state index contributed by atoms with van der Waals surface area (Å²) in [4.78, 5) is 23.3. The Labute approximate surface area is 130 Å². The molecule has 0 aliphatic rings. The molecule has 0 aliphatic carbocycles. The van der Waals surface area contributed by atoms with E-state index in [2.05, 4.69) is 5.32 Å². The lowest BCUT2D eigenvalue weighted by molar-refractivity contribution is -0.131. The van der Waals surface area contributed by atoms with Crippen LogP contribution < -0.4 is 5.32 Å². The minimum atomic E-state index is -1.01. The van der Waals surface area contributed by atoms with Crippen molar-refractivity contribution in [3.8, 4) is 0 Å². The summed E-state index contributed by atoms with van der Waals surface area (Å²) < 4.78 is 0.689. The third-order valence-corrected chi connectivity index (χ3v) is 3.87. The van der Waals surface area contributed by atoms with Crippen LogP contribution in [-0.2, 0) is 11.3 Å². The number of benzene rings is 1. The number of hydrogen-bond acceptors (Lipinski definition) is 3. The summed E-state index contributed by atoms with van der Waals surface area (Å²) in [6.07, 6.45) is 2.52. The van der Waals surface area contributed by atoms with Gasteiger partial charge in [-0.15, -0.1) is 11.3 Å². The molecular formula is C15H12ClNO3S. The van der Waals surface area contributed by atoms with Crippen LogP contribution >= 0.6 is 22.9 Å². The smallest absolute Gasteiger partial charge is 0.328 e. The summed E-state index contributed by atoms with van der Waals surface area (Å²) in [5.74, 6) is -1.19. The van der Waals surface area contributed by atoms with Crippen molar-refractivity contribution in [1.82, 2.24) is 5.32 Å². The van der Waals surface area contributed by atoms with Crippen molar-refractivity contribution in [3.63, 3.8) is 0 Å². The van der Waals surface area contributed by atoms with Gasteiger partial charge < -0.3 is 10.4 Å². The maximum absolute atomic E-state index is 12.0. The Kier molecular flexibility index (Phi) is 5.14. The first-order valence-electron chi connectivity index (χ1n) is 6.08. The summed E-state index contributed by atoms with van der Waals surface area (Å²) in [6.45, 7) is 0.427. The Bertz CT molecular complexity index is 676. The van der Waals surface area contributed by atoms with Crippen molar-refractivity contribution in [1.29, 1.82) is 0 Å². The van der Waals surface area contributed by atoms with Crippen LogP contribution in [0.25, 0.3) is 6.08 Å². The van der Waals surface area contributed by atoms with Gasteiger partial charge in [0.25, 0.3) is 5.91 Å². The summed E-state index contributed by atoms with van der Waals surface area (Å²) in [6, 6.07) is 10.3. The Morgan fingerprint density at radius 1 is 1.19 bits per heavy atom. The van der Waals surface area contributed by atoms with Gasteiger partial charge in [0.2, 0.25) is 0 Å². The molecule has 0 radical (unpaired) electrons. The largest absolute Gasteiger partial charge is 0.478 e. The highest BCUT2D eigenvalue weighted by Gasteiger charge is 2.06. The number of carboxylic acid groups (broad SMARTS) is 1. The van der Waals surface area contributed by atoms with E-state index in [4.69, 9.17) is 16.7 Å². The quantitative estimate of drug-likeness (QED) is 0.829. The molecule has 1 amide bonds. The van der Waals surface area contributed by atoms with Gasteiger partial charge in [-0.2, -0.15) is 0 Å². The second-order valence-corrected chi connectivity index (χ2v) is 5.98. The summed E-state index contributed by atoms with van der Waals surface area (Å²) >= 11 is 7.24. The van der Waals surface area contributed by atoms with E-state index in [1.54, 1.807) is 30.3 Å². The number of amides is 1. The van der Waals surface area contributed by atoms with Crippen molar-refractivity contribution in [2.24, 2.45) is 0 Å². The summed E-state index contributed by atoms with van der Waals surface area (Å²) in [7, 11) is 0. The Balaban J connectivity index is 1.95. The van der Waals surface area contributed by atoms with Crippen molar-refractivity contribution in [2.45, 2.75) is 6.54 Å². The lowest BCUT2D eigenvalue weighted by Crippen LogP contribution is -2.22. The van der Waals surface area contributed by atoms with Gasteiger partial charge in [-0.1, -0.05) is 23.7 Å². The van der Waals surface area contributed by atoms with Gasteiger partial charge in [-0.05, 0) is 35.9 Å². The molecule has 1 aromatic heterocycles. The number of halogens is 1. The molecule has 0 atom stereocenters. The van der Waals surface area contributed by atoms with Gasteiger partial charge in [0.05, 0.1) is 10.9 Å². The highest BCUT2D eigenvalue weighted by molar-refractivity contribution is 7.16. The monoisotopic (exact) mass is 321 g/mol. The molecule has 0 fully saturated rings. The molecule has 0 saturated carbocycles. The maximum atomic E-state index is 12.0. The standard InChI is InChI=1S/C15H12ClNO3S/c16-13-7-6-12(21-13)9-17-15(20)11-4-1-10(2-5-11)3-8-14(18)19/h1-8H,9H2,(H,17,20)(H,18,19). The van der Waals surface area contributed by atoms with Gasteiger partial charge in [0.1, 0.15) is 0 Å². The Morgan fingerprint density at radius 3 is 2.48 bits per heavy atom. The van der Waals surface area contributed by atoms with E-state index >= 15 is 0 Å². The van der Waals surface area contributed by atoms with Crippen LogP contribution in [0.4, 0.5) is 0 Å². The fraction of sp³-hybridized carbons (Fsp3) is 0.0667. The van der Waals surface area contributed by atoms with Crippen molar-refractivity contribution in [2.75, 3.05) is 0 Å². The lowest BCUT2D eigenvalue weighted by atomic mass is 10.1. The molecule has 0 aliphatic heterocycles. The molecule has 21 heavy (non-hydrogen) atoms. The zero-order chi connectivity index (χ0) is 15.2. The fourth-order valence-corrected chi connectivity index (χ4v) is 2.66. The molecule has 1 heterocycles. The number of carbonyl (C=O) groups is 2. The Hall–Kier alpha value is -2.11. The van der Waals surface area contributed by atoms with Crippen LogP contribution in [0.2, 0.25) is 4.34 Å². The van der Waals surface area contributed by atoms with E-state index in [1.165, 1.54) is 17.4 Å². The molecule has 2 rings (SSSR count). The highest BCUT2D eigenvalue weighted by Crippen LogP contribution is 2.21. The molecule has 1 aromatic carbocycles. The zero-order valence-electron chi connectivity index (χ0n) is 10.9. The number of rotatable bonds is 5. The van der Waals surface area contributed by atoms with Crippen LogP contribution in [0.5, 0.6) is 0 Å². The lowest BCUT2D eigenvalue weighted by Gasteiger charge is -2.04. The minimum absolute atomic E-state index is 0.187. The van der Waals surface area contributed by atoms with E-state index in [1.807, 2.05) is 6.07 Å². The van der Waals surface area contributed by atoms with Crippen molar-refractivity contribution >= 4 is 40.9 Å². The average molecular weight is 322 g/mol. The molecule has 0 saturated heterocycles. The first kappa shape index (κ1) is 15.3. The first-order valence-corrected chi connectivity index (χ1v) is 7.27. The highest BCUT2D eigenvalue weighted by atomic mass is 35.5. The topological polar surface area (TPSA) is 66.4 Å². The third kappa shape index (κ3) is 4.73. The molecule has 0 unspecified atom stereocenters. The van der Waals surface area contributed by atoms with Crippen LogP contribution in [0.1, 0.15) is 20.8 Å². The van der Waals surface area contributed by atoms with E-state index < -0.39 is 5.97 Å². The normalized spacial score (nSPS) is 10.7. The number of hydrogen-bond donors (Lipinski definition) is 2. The number of nitrogens with one attached hydrogen (secondary N) is 1. The summed E-state index contributed by atoms with van der Waals surface area (Å²) in [5.41, 5.74) is 1.24. The maximum Gasteiger partial charge on any atom is 0.328 e. The van der Waals surface area contributed by atoms with Gasteiger partial charge in [0.15, 0.2) is 0 Å². The van der Waals surface area contributed by atoms with Crippen LogP contribution in [-0.4, -0.2) is 17.0 Å². The van der Waals surface area contributed by atoms with E-state index in [0.29, 0.717) is 16.4 Å². The van der Waals surface area contributed by atoms with Gasteiger partial charge in [-0.25, -0.2) is 4.79 Å². The zero-order valence-corrected chi connectivity index (χ0v) is 12.4. The summed E-state index contributed by atoms with van der Waals surface area (Å²) in [5, 5.41) is 11.3. The average Bonchev–Trinajstić information content (AvgIpc) is 2.89. The molecule has 0 spiro atoms. The van der Waals surface area contributed by atoms with Crippen molar-refractivity contribution in [3.05, 3.63) is 62.8 Å². The first-order chi connectivity index (χ1) is 10.0. The van der Waals surface area contributed by atoms with Gasteiger partial charge >= 0.3 is 5.97 Å². The molecular weight excluding hydrogens is 310 g/mol. The van der Waals surface area contributed by atoms with Gasteiger partial charge in [-0.3, -0.25) is 4.79 Å². The molecule has 2 aromatic rings. The predicted octanol–water partition coefficient (Wildman–Crippen LogP) is 3.43. The molecule has 0 bridgehead atoms. The number of carbonyl (C=O) groups excluding carboxylic acids is 1.